The molecule has 2 amide bonds. The zero-order chi connectivity index (χ0) is 20.5. The molecule has 8 nitrogen and oxygen atoms in total. The molecule has 4 heterocycles. The number of hydrogen-bond acceptors (Lipinski definition) is 6. The Morgan fingerprint density at radius 3 is 2.80 bits per heavy atom. The van der Waals surface area contributed by atoms with Gasteiger partial charge in [0.15, 0.2) is 0 Å². The van der Waals surface area contributed by atoms with Crippen LogP contribution in [0.15, 0.2) is 30.3 Å². The van der Waals surface area contributed by atoms with E-state index >= 15 is 0 Å². The van der Waals surface area contributed by atoms with Gasteiger partial charge in [0.2, 0.25) is 5.91 Å². The normalized spacial score (nSPS) is 23.3. The molecule has 0 aliphatic carbocycles. The van der Waals surface area contributed by atoms with Crippen LogP contribution in [0.1, 0.15) is 27.4 Å². The van der Waals surface area contributed by atoms with Crippen LogP contribution in [0.3, 0.4) is 0 Å². The largest absolute Gasteiger partial charge is 0.378 e. The third kappa shape index (κ3) is 3.75. The SMILES string of the molecule is O=C1NCCc2c1nc(CCc1ccccc1)nc2N1C[C@H]2COC[C@@H](C1)C(=O)N2. The van der Waals surface area contributed by atoms with Crippen molar-refractivity contribution in [1.82, 2.24) is 20.6 Å². The van der Waals surface area contributed by atoms with Gasteiger partial charge in [-0.15, -0.1) is 0 Å². The molecular formula is C22H25N5O3. The third-order valence-corrected chi connectivity index (χ3v) is 5.92. The molecule has 2 aromatic rings. The summed E-state index contributed by atoms with van der Waals surface area (Å²) in [6.07, 6.45) is 2.15. The van der Waals surface area contributed by atoms with Gasteiger partial charge in [0.05, 0.1) is 25.2 Å². The van der Waals surface area contributed by atoms with Crippen molar-refractivity contribution in [3.8, 4) is 0 Å². The number of anilines is 1. The van der Waals surface area contributed by atoms with E-state index < -0.39 is 0 Å². The monoisotopic (exact) mass is 407 g/mol. The lowest BCUT2D eigenvalue weighted by Crippen LogP contribution is -2.43. The first-order valence-electron chi connectivity index (χ1n) is 10.5. The number of carbonyl (C=O) groups is 2. The van der Waals surface area contributed by atoms with Crippen molar-refractivity contribution in [2.24, 2.45) is 5.92 Å². The Kier molecular flexibility index (Phi) is 5.08. The Bertz CT molecular complexity index is 965. The van der Waals surface area contributed by atoms with Gasteiger partial charge in [-0.3, -0.25) is 9.59 Å². The van der Waals surface area contributed by atoms with Gasteiger partial charge in [-0.05, 0) is 18.4 Å². The molecule has 2 N–H and O–H groups in total. The van der Waals surface area contributed by atoms with Crippen molar-refractivity contribution in [3.05, 3.63) is 53.0 Å². The fraction of sp³-hybridized carbons (Fsp3) is 0.455. The molecule has 8 heteroatoms. The molecule has 5 rings (SSSR count). The zero-order valence-corrected chi connectivity index (χ0v) is 16.8. The molecule has 1 aromatic heterocycles. The number of amides is 2. The highest BCUT2D eigenvalue weighted by atomic mass is 16.5. The van der Waals surface area contributed by atoms with Gasteiger partial charge in [0.25, 0.3) is 5.91 Å². The Balaban J connectivity index is 1.49. The van der Waals surface area contributed by atoms with Crippen molar-refractivity contribution in [2.75, 3.05) is 37.7 Å². The number of nitrogens with one attached hydrogen (secondary N) is 2. The summed E-state index contributed by atoms with van der Waals surface area (Å²) in [4.78, 5) is 36.7. The molecule has 0 saturated carbocycles. The molecule has 3 aliphatic rings. The molecule has 2 fully saturated rings. The second kappa shape index (κ2) is 8.02. The fourth-order valence-electron chi connectivity index (χ4n) is 4.40. The maximum absolute atomic E-state index is 12.6. The lowest BCUT2D eigenvalue weighted by atomic mass is 10.0. The van der Waals surface area contributed by atoms with E-state index in [9.17, 15) is 9.59 Å². The number of fused-ring (bicyclic) bond motifs is 4. The summed E-state index contributed by atoms with van der Waals surface area (Å²) in [6.45, 7) is 2.63. The first-order valence-corrected chi connectivity index (χ1v) is 10.5. The van der Waals surface area contributed by atoms with Crippen molar-refractivity contribution in [3.63, 3.8) is 0 Å². The highest BCUT2D eigenvalue weighted by molar-refractivity contribution is 5.96. The minimum atomic E-state index is -0.242. The molecule has 0 radical (unpaired) electrons. The fourth-order valence-corrected chi connectivity index (χ4v) is 4.40. The van der Waals surface area contributed by atoms with Gasteiger partial charge in [-0.2, -0.15) is 0 Å². The summed E-state index contributed by atoms with van der Waals surface area (Å²) < 4.78 is 5.65. The topological polar surface area (TPSA) is 96.5 Å². The summed E-state index contributed by atoms with van der Waals surface area (Å²) in [5.74, 6) is 1.10. The average molecular weight is 407 g/mol. The van der Waals surface area contributed by atoms with E-state index in [4.69, 9.17) is 9.72 Å². The van der Waals surface area contributed by atoms with Gasteiger partial charge in [-0.25, -0.2) is 9.97 Å². The number of rotatable bonds is 4. The van der Waals surface area contributed by atoms with E-state index in [0.29, 0.717) is 57.2 Å². The number of ether oxygens (including phenoxy) is 1. The van der Waals surface area contributed by atoms with Gasteiger partial charge in [-0.1, -0.05) is 30.3 Å². The predicted octanol–water partition coefficient (Wildman–Crippen LogP) is 0.499. The third-order valence-electron chi connectivity index (χ3n) is 5.92. The minimum Gasteiger partial charge on any atom is -0.378 e. The zero-order valence-electron chi connectivity index (χ0n) is 16.8. The van der Waals surface area contributed by atoms with Crippen molar-refractivity contribution < 1.29 is 14.3 Å². The molecule has 1 aromatic carbocycles. The van der Waals surface area contributed by atoms with Crippen LogP contribution in [0.25, 0.3) is 0 Å². The average Bonchev–Trinajstić information content (AvgIpc) is 3.01. The molecular weight excluding hydrogens is 382 g/mol. The maximum atomic E-state index is 12.6. The Hall–Kier alpha value is -3.00. The van der Waals surface area contributed by atoms with Crippen LogP contribution < -0.4 is 15.5 Å². The summed E-state index contributed by atoms with van der Waals surface area (Å²) in [7, 11) is 0. The highest BCUT2D eigenvalue weighted by Gasteiger charge is 2.36. The van der Waals surface area contributed by atoms with E-state index in [-0.39, 0.29) is 23.8 Å². The molecule has 0 unspecified atom stereocenters. The van der Waals surface area contributed by atoms with E-state index in [1.165, 1.54) is 5.56 Å². The standard InChI is InChI=1S/C22H25N5O3/c28-21-15-10-27(11-16(24-21)13-30-12-15)20-17-8-9-23-22(29)19(17)25-18(26-20)7-6-14-4-2-1-3-5-14/h1-5,15-16H,6-13H2,(H,23,29)(H,24,28)/t15-,16+/m1/s1. The van der Waals surface area contributed by atoms with Crippen LogP contribution in [0.5, 0.6) is 0 Å². The van der Waals surface area contributed by atoms with Gasteiger partial charge >= 0.3 is 0 Å². The Labute approximate surface area is 175 Å². The quantitative estimate of drug-likeness (QED) is 0.766. The van der Waals surface area contributed by atoms with Gasteiger partial charge in [0, 0.05) is 31.6 Å². The summed E-state index contributed by atoms with van der Waals surface area (Å²) in [5.41, 5.74) is 2.57. The highest BCUT2D eigenvalue weighted by Crippen LogP contribution is 2.27. The maximum Gasteiger partial charge on any atom is 0.270 e. The van der Waals surface area contributed by atoms with Crippen LogP contribution in [0.4, 0.5) is 5.82 Å². The first kappa shape index (κ1) is 19.0. The summed E-state index contributed by atoms with van der Waals surface area (Å²) in [5, 5.41) is 5.96. The van der Waals surface area contributed by atoms with E-state index in [1.54, 1.807) is 0 Å². The molecule has 30 heavy (non-hydrogen) atoms. The number of aryl methyl sites for hydroxylation is 2. The van der Waals surface area contributed by atoms with Crippen LogP contribution in [-0.2, 0) is 28.8 Å². The van der Waals surface area contributed by atoms with E-state index in [1.807, 2.05) is 18.2 Å². The Morgan fingerprint density at radius 2 is 1.93 bits per heavy atom. The molecule has 2 atom stereocenters. The van der Waals surface area contributed by atoms with Crippen molar-refractivity contribution in [2.45, 2.75) is 25.3 Å². The Morgan fingerprint density at radius 1 is 1.07 bits per heavy atom. The van der Waals surface area contributed by atoms with E-state index in [0.717, 1.165) is 17.8 Å². The summed E-state index contributed by atoms with van der Waals surface area (Å²) >= 11 is 0. The smallest absolute Gasteiger partial charge is 0.270 e. The second-order valence-corrected chi connectivity index (χ2v) is 8.13. The van der Waals surface area contributed by atoms with Crippen LogP contribution in [0.2, 0.25) is 0 Å². The van der Waals surface area contributed by atoms with Gasteiger partial charge < -0.3 is 20.3 Å². The lowest BCUT2D eigenvalue weighted by Gasteiger charge is -2.31. The minimum absolute atomic E-state index is 0.0324. The van der Waals surface area contributed by atoms with E-state index in [2.05, 4.69) is 32.7 Å². The molecule has 0 spiro atoms. The molecule has 3 aliphatic heterocycles. The second-order valence-electron chi connectivity index (χ2n) is 8.13. The predicted molar refractivity (Wildman–Crippen MR) is 110 cm³/mol. The molecule has 156 valence electrons. The molecule has 2 saturated heterocycles. The molecule has 2 bridgehead atoms. The lowest BCUT2D eigenvalue weighted by molar-refractivity contribution is -0.124. The number of hydrogen-bond donors (Lipinski definition) is 2. The first-order chi connectivity index (χ1) is 14.7. The van der Waals surface area contributed by atoms with Crippen molar-refractivity contribution >= 4 is 17.6 Å². The van der Waals surface area contributed by atoms with Crippen molar-refractivity contribution in [1.29, 1.82) is 0 Å². The van der Waals surface area contributed by atoms with Crippen LogP contribution >= 0.6 is 0 Å². The van der Waals surface area contributed by atoms with Gasteiger partial charge in [0.1, 0.15) is 17.3 Å². The number of nitrogens with zero attached hydrogens (tertiary/aromatic N) is 3. The number of carbonyl (C=O) groups excluding carboxylic acids is 2. The summed E-state index contributed by atoms with van der Waals surface area (Å²) in [6, 6.07) is 10.1. The number of aromatic nitrogens is 2. The number of benzene rings is 1. The van der Waals surface area contributed by atoms with Crippen LogP contribution in [0, 0.1) is 5.92 Å². The van der Waals surface area contributed by atoms with Crippen LogP contribution in [-0.4, -0.2) is 60.7 Å².